The Hall–Kier alpha value is -1.27. The standard InChI is InChI=1S/C8H9F3N2O/c9-8(10,11)14-7-3-1-2-6(4-7)5-13-12/h1-4,13H,5,12H2. The Morgan fingerprint density at radius 2 is 2.07 bits per heavy atom. The van der Waals surface area contributed by atoms with Crippen molar-refractivity contribution in [2.45, 2.75) is 12.9 Å². The summed E-state index contributed by atoms with van der Waals surface area (Å²) in [5.41, 5.74) is 2.96. The van der Waals surface area contributed by atoms with E-state index in [0.29, 0.717) is 5.56 Å². The van der Waals surface area contributed by atoms with Crippen molar-refractivity contribution in [2.75, 3.05) is 0 Å². The normalized spacial score (nSPS) is 11.4. The van der Waals surface area contributed by atoms with E-state index in [1.54, 1.807) is 6.07 Å². The van der Waals surface area contributed by atoms with Crippen molar-refractivity contribution in [3.05, 3.63) is 29.8 Å². The van der Waals surface area contributed by atoms with Gasteiger partial charge in [-0.1, -0.05) is 12.1 Å². The van der Waals surface area contributed by atoms with Crippen LogP contribution in [0.2, 0.25) is 0 Å². The SMILES string of the molecule is NNCc1cccc(OC(F)(F)F)c1. The highest BCUT2D eigenvalue weighted by Crippen LogP contribution is 2.23. The van der Waals surface area contributed by atoms with Crippen LogP contribution in [0, 0.1) is 0 Å². The third-order valence-corrected chi connectivity index (χ3v) is 1.44. The molecule has 0 aliphatic rings. The predicted octanol–water partition coefficient (Wildman–Crippen LogP) is 1.55. The number of nitrogens with two attached hydrogens (primary N) is 1. The molecule has 0 radical (unpaired) electrons. The third-order valence-electron chi connectivity index (χ3n) is 1.44. The summed E-state index contributed by atoms with van der Waals surface area (Å²) >= 11 is 0. The van der Waals surface area contributed by atoms with E-state index in [0.717, 1.165) is 0 Å². The number of hydrogen-bond donors (Lipinski definition) is 2. The van der Waals surface area contributed by atoms with Crippen LogP contribution in [-0.2, 0) is 6.54 Å². The van der Waals surface area contributed by atoms with Crippen LogP contribution in [0.25, 0.3) is 0 Å². The molecule has 0 aliphatic heterocycles. The monoisotopic (exact) mass is 206 g/mol. The van der Waals surface area contributed by atoms with Gasteiger partial charge in [0.25, 0.3) is 0 Å². The van der Waals surface area contributed by atoms with Gasteiger partial charge < -0.3 is 4.74 Å². The molecule has 0 atom stereocenters. The molecule has 3 nitrogen and oxygen atoms in total. The summed E-state index contributed by atoms with van der Waals surface area (Å²) in [7, 11) is 0. The summed E-state index contributed by atoms with van der Waals surface area (Å²) in [6, 6.07) is 5.61. The first-order valence-corrected chi connectivity index (χ1v) is 3.79. The summed E-state index contributed by atoms with van der Waals surface area (Å²) in [5.74, 6) is 4.78. The van der Waals surface area contributed by atoms with Crippen LogP contribution in [-0.4, -0.2) is 6.36 Å². The maximum atomic E-state index is 11.8. The molecular weight excluding hydrogens is 197 g/mol. The van der Waals surface area contributed by atoms with E-state index in [-0.39, 0.29) is 12.3 Å². The fraction of sp³-hybridized carbons (Fsp3) is 0.250. The van der Waals surface area contributed by atoms with Gasteiger partial charge in [-0.3, -0.25) is 11.3 Å². The van der Waals surface area contributed by atoms with Crippen molar-refractivity contribution in [1.82, 2.24) is 5.43 Å². The molecule has 0 saturated carbocycles. The molecule has 1 rings (SSSR count). The number of hydrogen-bond acceptors (Lipinski definition) is 3. The van der Waals surface area contributed by atoms with Crippen LogP contribution in [0.15, 0.2) is 24.3 Å². The Balaban J connectivity index is 2.73. The highest BCUT2D eigenvalue weighted by Gasteiger charge is 2.30. The van der Waals surface area contributed by atoms with Gasteiger partial charge in [0, 0.05) is 6.54 Å². The molecule has 0 fully saturated rings. The van der Waals surface area contributed by atoms with Crippen molar-refractivity contribution in [3.8, 4) is 5.75 Å². The minimum absolute atomic E-state index is 0.245. The van der Waals surface area contributed by atoms with Gasteiger partial charge in [-0.25, -0.2) is 0 Å². The van der Waals surface area contributed by atoms with Crippen LogP contribution in [0.1, 0.15) is 5.56 Å². The predicted molar refractivity (Wildman–Crippen MR) is 44.2 cm³/mol. The zero-order valence-corrected chi connectivity index (χ0v) is 7.14. The van der Waals surface area contributed by atoms with Gasteiger partial charge in [0.1, 0.15) is 5.75 Å². The van der Waals surface area contributed by atoms with Crippen LogP contribution < -0.4 is 16.0 Å². The van der Waals surface area contributed by atoms with E-state index in [2.05, 4.69) is 10.2 Å². The molecule has 6 heteroatoms. The Labute approximate surface area is 78.6 Å². The Morgan fingerprint density at radius 3 is 2.64 bits per heavy atom. The lowest BCUT2D eigenvalue weighted by molar-refractivity contribution is -0.274. The molecule has 0 unspecified atom stereocenters. The van der Waals surface area contributed by atoms with Crippen molar-refractivity contribution >= 4 is 0 Å². The molecule has 14 heavy (non-hydrogen) atoms. The summed E-state index contributed by atoms with van der Waals surface area (Å²) in [6.07, 6.45) is -4.66. The van der Waals surface area contributed by atoms with Crippen molar-refractivity contribution in [2.24, 2.45) is 5.84 Å². The smallest absolute Gasteiger partial charge is 0.406 e. The van der Waals surface area contributed by atoms with Gasteiger partial charge in [-0.05, 0) is 17.7 Å². The topological polar surface area (TPSA) is 47.3 Å². The summed E-state index contributed by atoms with van der Waals surface area (Å²) in [6.45, 7) is 0.287. The molecule has 0 spiro atoms. The van der Waals surface area contributed by atoms with Gasteiger partial charge in [-0.15, -0.1) is 13.2 Å². The van der Waals surface area contributed by atoms with E-state index < -0.39 is 6.36 Å². The van der Waals surface area contributed by atoms with Crippen LogP contribution >= 0.6 is 0 Å². The number of nitrogens with one attached hydrogen (secondary N) is 1. The Bertz CT molecular complexity index is 301. The summed E-state index contributed by atoms with van der Waals surface area (Å²) < 4.78 is 39.1. The van der Waals surface area contributed by atoms with Crippen molar-refractivity contribution < 1.29 is 17.9 Å². The van der Waals surface area contributed by atoms with Crippen LogP contribution in [0.3, 0.4) is 0 Å². The average Bonchev–Trinajstić information content (AvgIpc) is 2.02. The van der Waals surface area contributed by atoms with E-state index in [9.17, 15) is 13.2 Å². The molecule has 78 valence electrons. The highest BCUT2D eigenvalue weighted by atomic mass is 19.4. The van der Waals surface area contributed by atoms with E-state index in [1.165, 1.54) is 18.2 Å². The maximum absolute atomic E-state index is 11.8. The Kier molecular flexibility index (Phi) is 3.32. The largest absolute Gasteiger partial charge is 0.573 e. The van der Waals surface area contributed by atoms with Gasteiger partial charge >= 0.3 is 6.36 Å². The molecule has 0 bridgehead atoms. The van der Waals surface area contributed by atoms with Crippen molar-refractivity contribution in [1.29, 1.82) is 0 Å². The number of benzene rings is 1. The first-order valence-electron chi connectivity index (χ1n) is 3.79. The lowest BCUT2D eigenvalue weighted by Crippen LogP contribution is -2.21. The Morgan fingerprint density at radius 1 is 1.36 bits per heavy atom. The summed E-state index contributed by atoms with van der Waals surface area (Å²) in [4.78, 5) is 0. The lowest BCUT2D eigenvalue weighted by atomic mass is 10.2. The minimum Gasteiger partial charge on any atom is -0.406 e. The fourth-order valence-electron chi connectivity index (χ4n) is 0.970. The molecule has 0 aliphatic carbocycles. The maximum Gasteiger partial charge on any atom is 0.573 e. The van der Waals surface area contributed by atoms with Gasteiger partial charge in [0.2, 0.25) is 0 Å². The quantitative estimate of drug-likeness (QED) is 0.582. The molecule has 0 heterocycles. The first-order chi connectivity index (χ1) is 6.51. The number of alkyl halides is 3. The summed E-state index contributed by atoms with van der Waals surface area (Å²) in [5, 5.41) is 0. The van der Waals surface area contributed by atoms with Crippen molar-refractivity contribution in [3.63, 3.8) is 0 Å². The number of rotatable bonds is 3. The molecule has 0 aromatic heterocycles. The average molecular weight is 206 g/mol. The molecule has 0 saturated heterocycles. The molecule has 1 aromatic carbocycles. The number of ether oxygens (including phenoxy) is 1. The molecular formula is C8H9F3N2O. The van der Waals surface area contributed by atoms with E-state index in [4.69, 9.17) is 5.84 Å². The zero-order valence-electron chi connectivity index (χ0n) is 7.14. The van der Waals surface area contributed by atoms with Gasteiger partial charge in [-0.2, -0.15) is 0 Å². The second-order valence-electron chi connectivity index (χ2n) is 2.58. The molecule has 1 aromatic rings. The molecule has 3 N–H and O–H groups in total. The van der Waals surface area contributed by atoms with E-state index >= 15 is 0 Å². The second-order valence-corrected chi connectivity index (χ2v) is 2.58. The minimum atomic E-state index is -4.66. The van der Waals surface area contributed by atoms with Gasteiger partial charge in [0.15, 0.2) is 0 Å². The third kappa shape index (κ3) is 3.63. The van der Waals surface area contributed by atoms with E-state index in [1.807, 2.05) is 0 Å². The molecule has 0 amide bonds. The number of halogens is 3. The second kappa shape index (κ2) is 4.30. The number of hydrazine groups is 1. The lowest BCUT2D eigenvalue weighted by Gasteiger charge is -2.09. The first kappa shape index (κ1) is 10.8. The fourth-order valence-corrected chi connectivity index (χ4v) is 0.970. The van der Waals surface area contributed by atoms with Crippen LogP contribution in [0.4, 0.5) is 13.2 Å². The van der Waals surface area contributed by atoms with Gasteiger partial charge in [0.05, 0.1) is 0 Å². The zero-order chi connectivity index (χ0) is 10.6. The van der Waals surface area contributed by atoms with Crippen LogP contribution in [0.5, 0.6) is 5.75 Å². The highest BCUT2D eigenvalue weighted by molar-refractivity contribution is 5.28.